The van der Waals surface area contributed by atoms with Crippen LogP contribution in [0.25, 0.3) is 0 Å². The number of amides is 2. The molecule has 1 aliphatic rings. The Hall–Kier alpha value is -1.63. The fraction of sp³-hybridized carbons (Fsp3) is 0.750. The number of carbonyl (C=O) groups excluding carboxylic acids is 2. The number of hydrogen-bond donors (Lipinski definition) is 4. The number of aliphatic carboxylic acids is 1. The van der Waals surface area contributed by atoms with Gasteiger partial charge in [-0.25, -0.2) is 4.79 Å². The van der Waals surface area contributed by atoms with Gasteiger partial charge < -0.3 is 21.5 Å². The maximum absolute atomic E-state index is 11.6. The van der Waals surface area contributed by atoms with Crippen molar-refractivity contribution in [3.8, 4) is 0 Å². The van der Waals surface area contributed by atoms with E-state index in [2.05, 4.69) is 10.6 Å². The van der Waals surface area contributed by atoms with Gasteiger partial charge in [-0.2, -0.15) is 0 Å². The highest BCUT2D eigenvalue weighted by Gasteiger charge is 2.45. The molecule has 1 saturated carbocycles. The predicted molar refractivity (Wildman–Crippen MR) is 68.2 cm³/mol. The van der Waals surface area contributed by atoms with E-state index in [0.717, 1.165) is 6.42 Å². The van der Waals surface area contributed by atoms with Crippen LogP contribution in [0.4, 0.5) is 0 Å². The summed E-state index contributed by atoms with van der Waals surface area (Å²) < 4.78 is 0. The minimum Gasteiger partial charge on any atom is -0.480 e. The van der Waals surface area contributed by atoms with E-state index < -0.39 is 29.4 Å². The summed E-state index contributed by atoms with van der Waals surface area (Å²) in [7, 11) is 0. The van der Waals surface area contributed by atoms with Crippen molar-refractivity contribution >= 4 is 17.8 Å². The first kappa shape index (κ1) is 15.4. The molecule has 1 atom stereocenters. The summed E-state index contributed by atoms with van der Waals surface area (Å²) >= 11 is 0. The van der Waals surface area contributed by atoms with Crippen LogP contribution in [-0.2, 0) is 14.4 Å². The van der Waals surface area contributed by atoms with Gasteiger partial charge in [0.2, 0.25) is 11.8 Å². The predicted octanol–water partition coefficient (Wildman–Crippen LogP) is -0.791. The lowest BCUT2D eigenvalue weighted by molar-refractivity contribution is -0.151. The zero-order valence-corrected chi connectivity index (χ0v) is 11.2. The van der Waals surface area contributed by atoms with Crippen molar-refractivity contribution in [2.24, 2.45) is 11.7 Å². The molecule has 1 aliphatic carbocycles. The molecule has 2 amide bonds. The fourth-order valence-corrected chi connectivity index (χ4v) is 1.82. The first-order chi connectivity index (χ1) is 8.78. The Morgan fingerprint density at radius 3 is 2.26 bits per heavy atom. The normalized spacial score (nSPS) is 18.3. The zero-order chi connectivity index (χ0) is 14.6. The van der Waals surface area contributed by atoms with Gasteiger partial charge in [-0.15, -0.1) is 0 Å². The third-order valence-corrected chi connectivity index (χ3v) is 3.44. The Kier molecular flexibility index (Phi) is 4.88. The molecule has 108 valence electrons. The highest BCUT2D eigenvalue weighted by atomic mass is 16.4. The van der Waals surface area contributed by atoms with E-state index in [9.17, 15) is 14.4 Å². The van der Waals surface area contributed by atoms with Crippen LogP contribution in [0.3, 0.4) is 0 Å². The molecule has 0 radical (unpaired) electrons. The van der Waals surface area contributed by atoms with Crippen LogP contribution < -0.4 is 16.4 Å². The lowest BCUT2D eigenvalue weighted by Crippen LogP contribution is -2.61. The number of nitrogens with one attached hydrogen (secondary N) is 2. The maximum atomic E-state index is 11.6. The molecule has 0 aromatic heterocycles. The number of carboxylic acid groups (broad SMARTS) is 1. The average Bonchev–Trinajstić information content (AvgIpc) is 2.29. The summed E-state index contributed by atoms with van der Waals surface area (Å²) in [6.07, 6.45) is 1.62. The second-order valence-electron chi connectivity index (χ2n) is 5.28. The van der Waals surface area contributed by atoms with Crippen molar-refractivity contribution < 1.29 is 19.5 Å². The summed E-state index contributed by atoms with van der Waals surface area (Å²) in [4.78, 5) is 34.2. The smallest absolute Gasteiger partial charge is 0.329 e. The minimum atomic E-state index is -1.15. The highest BCUT2D eigenvalue weighted by molar-refractivity contribution is 5.91. The molecule has 7 heteroatoms. The van der Waals surface area contributed by atoms with E-state index in [1.165, 1.54) is 0 Å². The van der Waals surface area contributed by atoms with Gasteiger partial charge in [-0.05, 0) is 25.2 Å². The molecule has 0 spiro atoms. The maximum Gasteiger partial charge on any atom is 0.329 e. The summed E-state index contributed by atoms with van der Waals surface area (Å²) in [6.45, 7) is 3.35. The zero-order valence-electron chi connectivity index (χ0n) is 11.2. The Balaban J connectivity index is 2.40. The topological polar surface area (TPSA) is 122 Å². The number of rotatable bonds is 6. The van der Waals surface area contributed by atoms with Crippen molar-refractivity contribution in [3.63, 3.8) is 0 Å². The van der Waals surface area contributed by atoms with Gasteiger partial charge in [-0.3, -0.25) is 9.59 Å². The van der Waals surface area contributed by atoms with Crippen LogP contribution in [0.5, 0.6) is 0 Å². The average molecular weight is 271 g/mol. The molecule has 7 nitrogen and oxygen atoms in total. The molecule has 0 saturated heterocycles. The molecule has 1 rings (SSSR count). The van der Waals surface area contributed by atoms with Crippen molar-refractivity contribution in [1.29, 1.82) is 0 Å². The van der Waals surface area contributed by atoms with Crippen molar-refractivity contribution in [3.05, 3.63) is 0 Å². The molecule has 0 unspecified atom stereocenters. The molecule has 0 aliphatic heterocycles. The van der Waals surface area contributed by atoms with Crippen LogP contribution in [-0.4, -0.2) is 41.0 Å². The Labute approximate surface area is 111 Å². The SMILES string of the molecule is CC(C)[C@H](N)C(=O)NCC(=O)NC1(C(=O)O)CCC1. The van der Waals surface area contributed by atoms with Crippen LogP contribution in [0.15, 0.2) is 0 Å². The number of nitrogens with two attached hydrogens (primary N) is 1. The van der Waals surface area contributed by atoms with Gasteiger partial charge in [0.15, 0.2) is 0 Å². The van der Waals surface area contributed by atoms with Crippen LogP contribution >= 0.6 is 0 Å². The van der Waals surface area contributed by atoms with Gasteiger partial charge in [0.05, 0.1) is 12.6 Å². The summed E-state index contributed by atoms with van der Waals surface area (Å²) in [5, 5.41) is 13.9. The molecular weight excluding hydrogens is 250 g/mol. The first-order valence-corrected chi connectivity index (χ1v) is 6.36. The molecule has 0 aromatic rings. The number of hydrogen-bond acceptors (Lipinski definition) is 4. The third kappa shape index (κ3) is 3.66. The summed E-state index contributed by atoms with van der Waals surface area (Å²) in [6, 6.07) is -0.676. The fourth-order valence-electron chi connectivity index (χ4n) is 1.82. The largest absolute Gasteiger partial charge is 0.480 e. The third-order valence-electron chi connectivity index (χ3n) is 3.44. The van der Waals surface area contributed by atoms with Gasteiger partial charge in [0.1, 0.15) is 5.54 Å². The quantitative estimate of drug-likeness (QED) is 0.504. The van der Waals surface area contributed by atoms with Crippen LogP contribution in [0.1, 0.15) is 33.1 Å². The van der Waals surface area contributed by atoms with Crippen molar-refractivity contribution in [1.82, 2.24) is 10.6 Å². The van der Waals surface area contributed by atoms with Crippen molar-refractivity contribution in [2.45, 2.75) is 44.7 Å². The van der Waals surface area contributed by atoms with E-state index in [1.807, 2.05) is 0 Å². The second-order valence-corrected chi connectivity index (χ2v) is 5.28. The lowest BCUT2D eigenvalue weighted by atomic mass is 9.77. The van der Waals surface area contributed by atoms with Crippen LogP contribution in [0.2, 0.25) is 0 Å². The van der Waals surface area contributed by atoms with Gasteiger partial charge in [0.25, 0.3) is 0 Å². The van der Waals surface area contributed by atoms with E-state index >= 15 is 0 Å². The molecule has 0 bridgehead atoms. The molecule has 19 heavy (non-hydrogen) atoms. The van der Waals surface area contributed by atoms with Gasteiger partial charge in [0, 0.05) is 0 Å². The molecule has 0 aromatic carbocycles. The lowest BCUT2D eigenvalue weighted by Gasteiger charge is -2.38. The molecule has 5 N–H and O–H groups in total. The molecular formula is C12H21N3O4. The van der Waals surface area contributed by atoms with Gasteiger partial charge in [-0.1, -0.05) is 13.8 Å². The summed E-state index contributed by atoms with van der Waals surface area (Å²) in [5.41, 5.74) is 4.47. The highest BCUT2D eigenvalue weighted by Crippen LogP contribution is 2.31. The monoisotopic (exact) mass is 271 g/mol. The number of carbonyl (C=O) groups is 3. The Morgan fingerprint density at radius 2 is 1.89 bits per heavy atom. The second kappa shape index (κ2) is 6.01. The molecule has 1 fully saturated rings. The summed E-state index contributed by atoms with van der Waals surface area (Å²) in [5.74, 6) is -1.98. The minimum absolute atomic E-state index is 0.0277. The van der Waals surface area contributed by atoms with E-state index in [0.29, 0.717) is 12.8 Å². The van der Waals surface area contributed by atoms with Crippen molar-refractivity contribution in [2.75, 3.05) is 6.54 Å². The first-order valence-electron chi connectivity index (χ1n) is 6.36. The Bertz CT molecular complexity index is 377. The van der Waals surface area contributed by atoms with Crippen LogP contribution in [0, 0.1) is 5.92 Å². The van der Waals surface area contributed by atoms with E-state index in [-0.39, 0.29) is 12.5 Å². The molecule has 0 heterocycles. The van der Waals surface area contributed by atoms with E-state index in [4.69, 9.17) is 10.8 Å². The van der Waals surface area contributed by atoms with Gasteiger partial charge >= 0.3 is 5.97 Å². The number of carboxylic acids is 1. The van der Waals surface area contributed by atoms with E-state index in [1.54, 1.807) is 13.8 Å². The Morgan fingerprint density at radius 1 is 1.32 bits per heavy atom. The standard InChI is InChI=1S/C12H21N3O4/c1-7(2)9(13)10(17)14-6-8(16)15-12(11(18)19)4-3-5-12/h7,9H,3-6,13H2,1-2H3,(H,14,17)(H,15,16)(H,18,19)/t9-/m0/s1.